The normalized spacial score (nSPS) is 13.2. The Kier molecular flexibility index (Phi) is 6.79. The second-order valence-corrected chi connectivity index (χ2v) is 7.07. The Labute approximate surface area is 157 Å². The SMILES string of the molecule is Cc1ccc2c(c1)C(=O)N(CCNC(=O)CSCC(=O)CI)C2=O. The lowest BCUT2D eigenvalue weighted by Crippen LogP contribution is -2.38. The minimum absolute atomic E-state index is 0.0923. The number of carbonyl (C=O) groups excluding carboxylic acids is 4. The molecule has 128 valence electrons. The molecule has 1 heterocycles. The summed E-state index contributed by atoms with van der Waals surface area (Å²) in [4.78, 5) is 48.5. The van der Waals surface area contributed by atoms with Gasteiger partial charge in [-0.15, -0.1) is 11.8 Å². The molecule has 1 aromatic carbocycles. The van der Waals surface area contributed by atoms with Crippen LogP contribution in [0.15, 0.2) is 18.2 Å². The molecule has 1 aliphatic heterocycles. The summed E-state index contributed by atoms with van der Waals surface area (Å²) in [5, 5.41) is 2.66. The maximum absolute atomic E-state index is 12.3. The molecule has 0 saturated carbocycles. The van der Waals surface area contributed by atoms with Gasteiger partial charge in [-0.3, -0.25) is 24.1 Å². The van der Waals surface area contributed by atoms with Gasteiger partial charge in [-0.25, -0.2) is 0 Å². The zero-order chi connectivity index (χ0) is 17.7. The van der Waals surface area contributed by atoms with E-state index in [1.54, 1.807) is 18.2 Å². The van der Waals surface area contributed by atoms with Crippen LogP contribution in [0.5, 0.6) is 0 Å². The van der Waals surface area contributed by atoms with Crippen molar-refractivity contribution in [2.24, 2.45) is 0 Å². The monoisotopic (exact) mass is 460 g/mol. The lowest BCUT2D eigenvalue weighted by Gasteiger charge is -2.14. The van der Waals surface area contributed by atoms with Gasteiger partial charge in [-0.2, -0.15) is 0 Å². The zero-order valence-corrected chi connectivity index (χ0v) is 16.1. The van der Waals surface area contributed by atoms with Crippen molar-refractivity contribution >= 4 is 57.9 Å². The predicted octanol–water partition coefficient (Wildman–Crippen LogP) is 1.44. The third-order valence-electron chi connectivity index (χ3n) is 3.43. The number of alkyl halides is 1. The average molecular weight is 460 g/mol. The van der Waals surface area contributed by atoms with Crippen LogP contribution in [0.3, 0.4) is 0 Å². The van der Waals surface area contributed by atoms with Crippen molar-refractivity contribution in [3.63, 3.8) is 0 Å². The number of hydrogen-bond donors (Lipinski definition) is 1. The van der Waals surface area contributed by atoms with Gasteiger partial charge in [0.1, 0.15) is 0 Å². The summed E-state index contributed by atoms with van der Waals surface area (Å²) >= 11 is 3.24. The number of nitrogens with one attached hydrogen (secondary N) is 1. The van der Waals surface area contributed by atoms with Gasteiger partial charge in [0.25, 0.3) is 11.8 Å². The lowest BCUT2D eigenvalue weighted by molar-refractivity contribution is -0.118. The zero-order valence-electron chi connectivity index (χ0n) is 13.1. The highest BCUT2D eigenvalue weighted by molar-refractivity contribution is 14.1. The van der Waals surface area contributed by atoms with Crippen LogP contribution in [-0.2, 0) is 9.59 Å². The number of rotatable bonds is 8. The van der Waals surface area contributed by atoms with Gasteiger partial charge in [0.15, 0.2) is 5.78 Å². The van der Waals surface area contributed by atoms with E-state index in [-0.39, 0.29) is 42.3 Å². The summed E-state index contributed by atoms with van der Waals surface area (Å²) in [6, 6.07) is 5.16. The summed E-state index contributed by atoms with van der Waals surface area (Å²) in [7, 11) is 0. The van der Waals surface area contributed by atoms with Gasteiger partial charge in [-0.05, 0) is 19.1 Å². The highest BCUT2D eigenvalue weighted by Crippen LogP contribution is 2.23. The largest absolute Gasteiger partial charge is 0.354 e. The first-order chi connectivity index (χ1) is 11.4. The fourth-order valence-corrected chi connectivity index (χ4v) is 3.62. The molecular weight excluding hydrogens is 443 g/mol. The van der Waals surface area contributed by atoms with Crippen LogP contribution >= 0.6 is 34.4 Å². The third kappa shape index (κ3) is 4.56. The van der Waals surface area contributed by atoms with Crippen LogP contribution < -0.4 is 5.32 Å². The van der Waals surface area contributed by atoms with Crippen molar-refractivity contribution in [2.75, 3.05) is 29.0 Å². The van der Waals surface area contributed by atoms with Crippen LogP contribution in [0.4, 0.5) is 0 Å². The van der Waals surface area contributed by atoms with Gasteiger partial charge in [0.05, 0.1) is 27.1 Å². The molecule has 3 amide bonds. The van der Waals surface area contributed by atoms with Crippen LogP contribution in [0.2, 0.25) is 0 Å². The van der Waals surface area contributed by atoms with E-state index in [1.807, 2.05) is 29.5 Å². The maximum atomic E-state index is 12.3. The first kappa shape index (κ1) is 18.9. The molecule has 24 heavy (non-hydrogen) atoms. The topological polar surface area (TPSA) is 83.6 Å². The van der Waals surface area contributed by atoms with E-state index in [9.17, 15) is 19.2 Å². The first-order valence-corrected chi connectivity index (χ1v) is 10.0. The van der Waals surface area contributed by atoms with Gasteiger partial charge >= 0.3 is 0 Å². The second-order valence-electron chi connectivity index (χ2n) is 5.33. The molecule has 0 radical (unpaired) electrons. The van der Waals surface area contributed by atoms with E-state index < -0.39 is 0 Å². The molecule has 0 spiro atoms. The molecule has 2 rings (SSSR count). The molecule has 1 N–H and O–H groups in total. The number of imide groups is 1. The van der Waals surface area contributed by atoms with Crippen molar-refractivity contribution in [3.8, 4) is 0 Å². The maximum Gasteiger partial charge on any atom is 0.261 e. The van der Waals surface area contributed by atoms with Crippen LogP contribution in [-0.4, -0.2) is 57.4 Å². The number of fused-ring (bicyclic) bond motifs is 1. The van der Waals surface area contributed by atoms with Crippen molar-refractivity contribution in [2.45, 2.75) is 6.92 Å². The number of nitrogens with zero attached hydrogens (tertiary/aromatic N) is 1. The van der Waals surface area contributed by atoms with Crippen molar-refractivity contribution < 1.29 is 19.2 Å². The highest BCUT2D eigenvalue weighted by Gasteiger charge is 2.34. The quantitative estimate of drug-likeness (QED) is 0.361. The van der Waals surface area contributed by atoms with Gasteiger partial charge in [-0.1, -0.05) is 34.2 Å². The number of Topliss-reactive ketones (excluding diaryl/α,β-unsaturated/α-hetero) is 1. The fraction of sp³-hybridized carbons (Fsp3) is 0.375. The molecular formula is C16H17IN2O4S. The molecule has 0 fully saturated rings. The number of aryl methyl sites for hydroxylation is 1. The summed E-state index contributed by atoms with van der Waals surface area (Å²) in [6.07, 6.45) is 0. The number of halogens is 1. The lowest BCUT2D eigenvalue weighted by atomic mass is 10.1. The van der Waals surface area contributed by atoms with Gasteiger partial charge in [0.2, 0.25) is 5.91 Å². The molecule has 1 aromatic rings. The predicted molar refractivity (Wildman–Crippen MR) is 101 cm³/mol. The second kappa shape index (κ2) is 8.61. The highest BCUT2D eigenvalue weighted by atomic mass is 127. The number of carbonyl (C=O) groups is 4. The van der Waals surface area contributed by atoms with Crippen molar-refractivity contribution in [1.82, 2.24) is 10.2 Å². The van der Waals surface area contributed by atoms with E-state index in [4.69, 9.17) is 0 Å². The van der Waals surface area contributed by atoms with Crippen LogP contribution in [0.25, 0.3) is 0 Å². The number of thioether (sulfide) groups is 1. The summed E-state index contributed by atoms with van der Waals surface area (Å²) in [5.74, 6) is -0.276. The Morgan fingerprint density at radius 1 is 1.17 bits per heavy atom. The molecule has 6 nitrogen and oxygen atoms in total. The van der Waals surface area contributed by atoms with E-state index >= 15 is 0 Å². The Balaban J connectivity index is 1.79. The Morgan fingerprint density at radius 3 is 2.58 bits per heavy atom. The average Bonchev–Trinajstić information content (AvgIpc) is 2.79. The van der Waals surface area contributed by atoms with Gasteiger partial charge in [0, 0.05) is 13.1 Å². The molecule has 0 aromatic heterocycles. The fourth-order valence-electron chi connectivity index (χ4n) is 2.26. The van der Waals surface area contributed by atoms with Crippen LogP contribution in [0, 0.1) is 6.92 Å². The van der Waals surface area contributed by atoms with E-state index in [0.717, 1.165) is 10.5 Å². The van der Waals surface area contributed by atoms with Gasteiger partial charge < -0.3 is 5.32 Å². The number of hydrogen-bond acceptors (Lipinski definition) is 5. The molecule has 1 aliphatic rings. The number of benzene rings is 1. The first-order valence-electron chi connectivity index (χ1n) is 7.33. The molecule has 0 atom stereocenters. The minimum atomic E-state index is -0.328. The smallest absolute Gasteiger partial charge is 0.261 e. The van der Waals surface area contributed by atoms with Crippen molar-refractivity contribution in [1.29, 1.82) is 0 Å². The Morgan fingerprint density at radius 2 is 1.88 bits per heavy atom. The third-order valence-corrected chi connectivity index (χ3v) is 5.27. The Bertz CT molecular complexity index is 693. The number of amides is 3. The van der Waals surface area contributed by atoms with Crippen molar-refractivity contribution in [3.05, 3.63) is 34.9 Å². The van der Waals surface area contributed by atoms with E-state index in [0.29, 0.717) is 21.3 Å². The van der Waals surface area contributed by atoms with E-state index in [2.05, 4.69) is 5.32 Å². The molecule has 0 bridgehead atoms. The minimum Gasteiger partial charge on any atom is -0.354 e. The van der Waals surface area contributed by atoms with Crippen LogP contribution in [0.1, 0.15) is 26.3 Å². The molecule has 8 heteroatoms. The Hall–Kier alpha value is -1.42. The molecule has 0 unspecified atom stereocenters. The summed E-state index contributed by atoms with van der Waals surface area (Å²) in [5.41, 5.74) is 1.74. The summed E-state index contributed by atoms with van der Waals surface area (Å²) in [6.45, 7) is 2.19. The molecule has 0 aliphatic carbocycles. The standard InChI is InChI=1S/C16H17IN2O4S/c1-10-2-3-12-13(6-10)16(23)19(15(12)22)5-4-18-14(21)9-24-8-11(20)7-17/h2-3,6H,4-5,7-9H2,1H3,(H,18,21). The number of ketones is 1. The molecule has 0 saturated heterocycles. The summed E-state index contributed by atoms with van der Waals surface area (Å²) < 4.78 is 0.436. The van der Waals surface area contributed by atoms with E-state index in [1.165, 1.54) is 11.8 Å².